The number of nitrogens with one attached hydrogen (secondary N) is 1. The van der Waals surface area contributed by atoms with Crippen LogP contribution in [0.1, 0.15) is 87.0 Å². The molecule has 0 aromatic heterocycles. The van der Waals surface area contributed by atoms with E-state index in [9.17, 15) is 19.2 Å². The maximum absolute atomic E-state index is 13.2. The number of carbonyl (C=O) groups is 4. The highest BCUT2D eigenvalue weighted by Gasteiger charge is 2.38. The van der Waals surface area contributed by atoms with E-state index in [0.717, 1.165) is 32.1 Å². The van der Waals surface area contributed by atoms with E-state index >= 15 is 0 Å². The van der Waals surface area contributed by atoms with E-state index in [1.54, 1.807) is 27.7 Å². The molecule has 0 unspecified atom stereocenters. The number of esters is 4. The number of unbranched alkanes of at least 4 members (excludes halogenated alkanes) is 4. The molecule has 0 amide bonds. The fraction of sp³-hybridized carbons (Fsp3) is 0.692. The van der Waals surface area contributed by atoms with Crippen LogP contribution in [0, 0.1) is 5.92 Å². The lowest BCUT2D eigenvalue weighted by Crippen LogP contribution is -2.37. The second-order valence-corrected chi connectivity index (χ2v) is 8.56. The van der Waals surface area contributed by atoms with Gasteiger partial charge in [-0.3, -0.25) is 0 Å². The molecule has 9 heteroatoms. The van der Waals surface area contributed by atoms with Crippen molar-refractivity contribution in [3.8, 4) is 0 Å². The number of allylic oxidation sites excluding steroid dienone is 2. The van der Waals surface area contributed by atoms with Crippen molar-refractivity contribution in [3.63, 3.8) is 0 Å². The first-order chi connectivity index (χ1) is 16.6. The number of hydrogen-bond acceptors (Lipinski definition) is 9. The number of ether oxygens (including phenoxy) is 4. The van der Waals surface area contributed by atoms with Crippen LogP contribution in [0.4, 0.5) is 0 Å². The van der Waals surface area contributed by atoms with Crippen LogP contribution in [0.3, 0.4) is 0 Å². The third kappa shape index (κ3) is 9.03. The van der Waals surface area contributed by atoms with Gasteiger partial charge >= 0.3 is 23.9 Å². The van der Waals surface area contributed by atoms with Gasteiger partial charge < -0.3 is 24.3 Å². The van der Waals surface area contributed by atoms with Crippen LogP contribution in [0.5, 0.6) is 0 Å². The minimum atomic E-state index is -1.10. The molecule has 0 fully saturated rings. The Bertz CT molecular complexity index is 769. The molecular weight excluding hydrogens is 454 g/mol. The zero-order chi connectivity index (χ0) is 26.5. The Morgan fingerprint density at radius 2 is 1.17 bits per heavy atom. The van der Waals surface area contributed by atoms with Crippen LogP contribution < -0.4 is 5.32 Å². The highest BCUT2D eigenvalue weighted by atomic mass is 16.6. The van der Waals surface area contributed by atoms with E-state index in [-0.39, 0.29) is 24.4 Å². The third-order valence-corrected chi connectivity index (χ3v) is 5.72. The molecule has 1 aliphatic rings. The van der Waals surface area contributed by atoms with Crippen LogP contribution in [0.25, 0.3) is 0 Å². The van der Waals surface area contributed by atoms with Gasteiger partial charge in [-0.15, -0.1) is 0 Å². The quantitative estimate of drug-likeness (QED) is 0.216. The van der Waals surface area contributed by atoms with E-state index in [4.69, 9.17) is 18.9 Å². The van der Waals surface area contributed by atoms with Gasteiger partial charge in [0.05, 0.1) is 24.4 Å². The Morgan fingerprint density at radius 3 is 1.57 bits per heavy atom. The summed E-state index contributed by atoms with van der Waals surface area (Å²) < 4.78 is 20.7. The van der Waals surface area contributed by atoms with Crippen molar-refractivity contribution in [1.82, 2.24) is 5.32 Å². The highest BCUT2D eigenvalue weighted by Crippen LogP contribution is 2.35. The summed E-state index contributed by atoms with van der Waals surface area (Å²) in [6, 6.07) is 0. The Morgan fingerprint density at radius 1 is 0.743 bits per heavy atom. The molecule has 0 saturated heterocycles. The molecule has 1 aliphatic heterocycles. The monoisotopic (exact) mass is 495 g/mol. The van der Waals surface area contributed by atoms with Crippen LogP contribution in [-0.4, -0.2) is 49.3 Å². The van der Waals surface area contributed by atoms with Crippen molar-refractivity contribution in [3.05, 3.63) is 22.5 Å². The molecule has 0 bridgehead atoms. The summed E-state index contributed by atoms with van der Waals surface area (Å²) in [6.07, 6.45) is 3.28. The number of hydrogen-bond donors (Lipinski definition) is 1. The molecule has 2 atom stereocenters. The van der Waals surface area contributed by atoms with Gasteiger partial charge in [0, 0.05) is 17.3 Å². The summed E-state index contributed by atoms with van der Waals surface area (Å²) in [5.74, 6) is -3.31. The largest absolute Gasteiger partial charge is 0.463 e. The van der Waals surface area contributed by atoms with E-state index in [2.05, 4.69) is 12.2 Å². The second kappa shape index (κ2) is 15.2. The maximum Gasteiger partial charge on any atom is 0.347 e. The zero-order valence-electron chi connectivity index (χ0n) is 22.2. The van der Waals surface area contributed by atoms with E-state index < -0.39 is 42.0 Å². The molecule has 198 valence electrons. The summed E-state index contributed by atoms with van der Waals surface area (Å²) in [6.45, 7) is 12.1. The van der Waals surface area contributed by atoms with Crippen molar-refractivity contribution >= 4 is 23.9 Å². The molecule has 1 N–H and O–H groups in total. The lowest BCUT2D eigenvalue weighted by Gasteiger charge is -2.31. The maximum atomic E-state index is 13.2. The van der Waals surface area contributed by atoms with Crippen molar-refractivity contribution in [2.45, 2.75) is 99.2 Å². The Kier molecular flexibility index (Phi) is 13.1. The number of rotatable bonds is 14. The second-order valence-electron chi connectivity index (χ2n) is 8.56. The molecule has 1 rings (SSSR count). The van der Waals surface area contributed by atoms with Crippen molar-refractivity contribution in [2.75, 3.05) is 13.2 Å². The Labute approximate surface area is 208 Å². The van der Waals surface area contributed by atoms with Gasteiger partial charge in [0.2, 0.25) is 0 Å². The highest BCUT2D eigenvalue weighted by molar-refractivity contribution is 5.99. The van der Waals surface area contributed by atoms with Gasteiger partial charge in [0.1, 0.15) is 0 Å². The Balaban J connectivity index is 3.21. The molecular formula is C26H41NO8. The first-order valence-corrected chi connectivity index (χ1v) is 12.5. The molecule has 0 saturated carbocycles. The summed E-state index contributed by atoms with van der Waals surface area (Å²) in [5.41, 5.74) is 1.60. The normalized spacial score (nSPS) is 15.7. The average Bonchev–Trinajstić information content (AvgIpc) is 2.78. The molecule has 0 spiro atoms. The first-order valence-electron chi connectivity index (χ1n) is 12.5. The number of carbonyl (C=O) groups excluding carboxylic acids is 4. The van der Waals surface area contributed by atoms with Gasteiger partial charge in [-0.05, 0) is 48.0 Å². The molecule has 0 aromatic rings. The Hall–Kier alpha value is -2.84. The lowest BCUT2D eigenvalue weighted by atomic mass is 9.81. The van der Waals surface area contributed by atoms with E-state index in [1.165, 1.54) is 13.8 Å². The lowest BCUT2D eigenvalue weighted by molar-refractivity contribution is -0.165. The molecule has 0 aliphatic carbocycles. The van der Waals surface area contributed by atoms with Gasteiger partial charge in [-0.1, -0.05) is 39.0 Å². The first kappa shape index (κ1) is 30.2. The predicted octanol–water partition coefficient (Wildman–Crippen LogP) is 4.10. The fourth-order valence-corrected chi connectivity index (χ4v) is 3.98. The smallest absolute Gasteiger partial charge is 0.347 e. The molecule has 0 radical (unpaired) electrons. The predicted molar refractivity (Wildman–Crippen MR) is 130 cm³/mol. The summed E-state index contributed by atoms with van der Waals surface area (Å²) in [4.78, 5) is 50.4. The SMILES string of the molecule is CCCCCCCC1C(C(=O)O[C@@H](C)C(=O)OCC)=C(C)NC(C)=C1C(=O)O[C@@H](C)C(=O)OCC. The van der Waals surface area contributed by atoms with Crippen LogP contribution in [0.2, 0.25) is 0 Å². The minimum Gasteiger partial charge on any atom is -0.463 e. The van der Waals surface area contributed by atoms with Gasteiger partial charge in [0.15, 0.2) is 12.2 Å². The summed E-state index contributed by atoms with van der Waals surface area (Å²) >= 11 is 0. The van der Waals surface area contributed by atoms with Crippen molar-refractivity contribution in [2.24, 2.45) is 5.92 Å². The standard InChI is InChI=1S/C26H41NO8/c1-8-11-12-13-14-15-20-21(25(30)34-18(6)23(28)32-9-2)16(4)27-17(5)22(20)26(31)35-19(7)24(29)33-10-3/h18-20,27H,8-15H2,1-7H3/t18-,19-/m0/s1. The van der Waals surface area contributed by atoms with Crippen LogP contribution in [0.15, 0.2) is 22.5 Å². The summed E-state index contributed by atoms with van der Waals surface area (Å²) in [7, 11) is 0. The van der Waals surface area contributed by atoms with Crippen LogP contribution >= 0.6 is 0 Å². The van der Waals surface area contributed by atoms with E-state index in [1.807, 2.05) is 0 Å². The van der Waals surface area contributed by atoms with Crippen molar-refractivity contribution in [1.29, 1.82) is 0 Å². The topological polar surface area (TPSA) is 117 Å². The summed E-state index contributed by atoms with van der Waals surface area (Å²) in [5, 5.41) is 3.06. The third-order valence-electron chi connectivity index (χ3n) is 5.72. The number of dihydropyridines is 1. The van der Waals surface area contributed by atoms with Crippen LogP contribution in [-0.2, 0) is 38.1 Å². The van der Waals surface area contributed by atoms with Gasteiger partial charge in [-0.25, -0.2) is 19.2 Å². The zero-order valence-corrected chi connectivity index (χ0v) is 22.2. The fourth-order valence-electron chi connectivity index (χ4n) is 3.98. The molecule has 0 aromatic carbocycles. The molecule has 35 heavy (non-hydrogen) atoms. The van der Waals surface area contributed by atoms with E-state index in [0.29, 0.717) is 17.8 Å². The van der Waals surface area contributed by atoms with Gasteiger partial charge in [-0.2, -0.15) is 0 Å². The van der Waals surface area contributed by atoms with Gasteiger partial charge in [0.25, 0.3) is 0 Å². The van der Waals surface area contributed by atoms with Crippen molar-refractivity contribution < 1.29 is 38.1 Å². The average molecular weight is 496 g/mol. The minimum absolute atomic E-state index is 0.168. The molecule has 9 nitrogen and oxygen atoms in total. The molecule has 1 heterocycles.